The molecule has 0 unspecified atom stereocenters. The minimum absolute atomic E-state index is 0.238. The van der Waals surface area contributed by atoms with Crippen molar-refractivity contribution < 1.29 is 4.39 Å². The Labute approximate surface area is 292 Å². The predicted molar refractivity (Wildman–Crippen MR) is 203 cm³/mol. The molecule has 1 aliphatic rings. The van der Waals surface area contributed by atoms with Gasteiger partial charge in [-0.2, -0.15) is 5.10 Å². The molecule has 3 aromatic carbocycles. The van der Waals surface area contributed by atoms with Crippen molar-refractivity contribution in [3.05, 3.63) is 144 Å². The Morgan fingerprint density at radius 1 is 1.02 bits per heavy atom. The molecule has 0 spiro atoms. The number of fused-ring (bicyclic) bond motifs is 2. The minimum Gasteiger partial charge on any atom is -0.359 e. The van der Waals surface area contributed by atoms with Crippen LogP contribution in [0.15, 0.2) is 122 Å². The van der Waals surface area contributed by atoms with Crippen molar-refractivity contribution in [2.45, 2.75) is 39.0 Å². The molecule has 1 aliphatic heterocycles. The van der Waals surface area contributed by atoms with Gasteiger partial charge in [-0.3, -0.25) is 5.10 Å². The van der Waals surface area contributed by atoms with E-state index in [0.29, 0.717) is 17.2 Å². The topological polar surface area (TPSA) is 85.5 Å². The number of nitrogens with zero attached hydrogens (tertiary/aromatic N) is 4. The summed E-state index contributed by atoms with van der Waals surface area (Å²) in [6.07, 6.45) is 12.8. The average molecular weight is 664 g/mol. The predicted octanol–water partition coefficient (Wildman–Crippen LogP) is 9.15. The monoisotopic (exact) mass is 663 g/mol. The lowest BCUT2D eigenvalue weighted by Crippen LogP contribution is -2.20. The number of H-pyrrole nitrogens is 2. The van der Waals surface area contributed by atoms with Crippen molar-refractivity contribution >= 4 is 27.6 Å². The maximum absolute atomic E-state index is 14.9. The molecule has 0 bridgehead atoms. The molecule has 0 amide bonds. The van der Waals surface area contributed by atoms with Crippen LogP contribution in [-0.2, 0) is 12.8 Å². The largest absolute Gasteiger partial charge is 0.359 e. The Morgan fingerprint density at radius 2 is 1.86 bits per heavy atom. The number of allylic oxidation sites excluding steroid dienone is 5. The third kappa shape index (κ3) is 7.36. The van der Waals surface area contributed by atoms with Gasteiger partial charge in [0.05, 0.1) is 11.0 Å². The molecule has 50 heavy (non-hydrogen) atoms. The van der Waals surface area contributed by atoms with Crippen LogP contribution in [0.4, 0.5) is 4.39 Å². The van der Waals surface area contributed by atoms with Crippen LogP contribution in [0.1, 0.15) is 42.9 Å². The van der Waals surface area contributed by atoms with Crippen LogP contribution in [0.3, 0.4) is 0 Å². The SMILES string of the molecule is C=C/C(=C\C(=C/C)c1ccc2[nH]nc(-c3nc4nccc(-c5cc(F)cc(CCCN6CCCC6)c5)c4[nH]3)c2c1)NC(=C)Cc1ccccc1. The van der Waals surface area contributed by atoms with Crippen molar-refractivity contribution in [3.8, 4) is 22.6 Å². The molecule has 4 heterocycles. The van der Waals surface area contributed by atoms with Crippen LogP contribution in [0.25, 0.3) is 50.3 Å². The number of nitrogens with one attached hydrogen (secondary N) is 3. The van der Waals surface area contributed by atoms with Gasteiger partial charge in [0.1, 0.15) is 11.5 Å². The number of benzene rings is 3. The van der Waals surface area contributed by atoms with Crippen LogP contribution < -0.4 is 5.32 Å². The molecule has 1 fully saturated rings. The van der Waals surface area contributed by atoms with Crippen LogP contribution >= 0.6 is 0 Å². The number of hydrogen-bond donors (Lipinski definition) is 3. The van der Waals surface area contributed by atoms with E-state index >= 15 is 0 Å². The lowest BCUT2D eigenvalue weighted by atomic mass is 10.0. The summed E-state index contributed by atoms with van der Waals surface area (Å²) in [6, 6.07) is 23.7. The zero-order valence-electron chi connectivity index (χ0n) is 28.5. The van der Waals surface area contributed by atoms with Crippen molar-refractivity contribution in [1.29, 1.82) is 0 Å². The van der Waals surface area contributed by atoms with Gasteiger partial charge in [0.2, 0.25) is 0 Å². The molecule has 3 aromatic heterocycles. The number of halogens is 1. The third-order valence-corrected chi connectivity index (χ3v) is 9.34. The van der Waals surface area contributed by atoms with Crippen molar-refractivity contribution in [1.82, 2.24) is 35.4 Å². The minimum atomic E-state index is -0.238. The summed E-state index contributed by atoms with van der Waals surface area (Å²) in [4.78, 5) is 15.4. The molecule has 7 nitrogen and oxygen atoms in total. The fourth-order valence-corrected chi connectivity index (χ4v) is 6.84. The van der Waals surface area contributed by atoms with E-state index in [1.165, 1.54) is 31.5 Å². The molecule has 8 heteroatoms. The normalized spacial score (nSPS) is 14.1. The molecular weight excluding hydrogens is 622 g/mol. The third-order valence-electron chi connectivity index (χ3n) is 9.34. The second-order valence-electron chi connectivity index (χ2n) is 12.9. The van der Waals surface area contributed by atoms with Crippen LogP contribution in [0, 0.1) is 5.82 Å². The average Bonchev–Trinajstić information content (AvgIpc) is 3.90. The highest BCUT2D eigenvalue weighted by molar-refractivity contribution is 5.97. The first kappa shape index (κ1) is 32.9. The number of hydrogen-bond acceptors (Lipinski definition) is 5. The first-order valence-electron chi connectivity index (χ1n) is 17.3. The van der Waals surface area contributed by atoms with Gasteiger partial charge in [0.25, 0.3) is 0 Å². The van der Waals surface area contributed by atoms with E-state index in [2.05, 4.69) is 86.0 Å². The second kappa shape index (κ2) is 14.9. The molecule has 252 valence electrons. The number of likely N-dealkylation sites (tertiary alicyclic amines) is 1. The van der Waals surface area contributed by atoms with Gasteiger partial charge in [-0.05, 0) is 123 Å². The number of aromatic nitrogens is 5. The molecule has 7 rings (SSSR count). The molecule has 1 saturated heterocycles. The number of pyridine rings is 1. The highest BCUT2D eigenvalue weighted by Gasteiger charge is 2.18. The fraction of sp³-hybridized carbons (Fsp3) is 0.214. The van der Waals surface area contributed by atoms with Crippen molar-refractivity contribution in [2.75, 3.05) is 19.6 Å². The fourth-order valence-electron chi connectivity index (χ4n) is 6.84. The Morgan fingerprint density at radius 3 is 2.66 bits per heavy atom. The van der Waals surface area contributed by atoms with Crippen LogP contribution in [0.5, 0.6) is 0 Å². The summed E-state index contributed by atoms with van der Waals surface area (Å²) in [5.41, 5.74) is 10.5. The summed E-state index contributed by atoms with van der Waals surface area (Å²) in [5, 5.41) is 12.2. The van der Waals surface area contributed by atoms with Gasteiger partial charge in [-0.1, -0.05) is 61.7 Å². The summed E-state index contributed by atoms with van der Waals surface area (Å²) in [7, 11) is 0. The Bertz CT molecular complexity index is 2220. The molecule has 3 N–H and O–H groups in total. The Balaban J connectivity index is 1.15. The van der Waals surface area contributed by atoms with Gasteiger partial charge in [0.15, 0.2) is 11.5 Å². The zero-order chi connectivity index (χ0) is 34.5. The van der Waals surface area contributed by atoms with E-state index in [9.17, 15) is 4.39 Å². The number of aryl methyl sites for hydroxylation is 1. The highest BCUT2D eigenvalue weighted by Crippen LogP contribution is 2.33. The molecule has 0 radical (unpaired) electrons. The number of rotatable bonds is 13. The first-order valence-corrected chi connectivity index (χ1v) is 17.3. The first-order chi connectivity index (χ1) is 24.5. The Kier molecular flexibility index (Phi) is 9.80. The van der Waals surface area contributed by atoms with E-state index in [-0.39, 0.29) is 5.82 Å². The summed E-state index contributed by atoms with van der Waals surface area (Å²) < 4.78 is 14.9. The molecule has 0 atom stereocenters. The lowest BCUT2D eigenvalue weighted by Gasteiger charge is -2.14. The highest BCUT2D eigenvalue weighted by atomic mass is 19.1. The maximum atomic E-state index is 14.9. The number of imidazole rings is 1. The van der Waals surface area contributed by atoms with Gasteiger partial charge in [-0.15, -0.1) is 0 Å². The van der Waals surface area contributed by atoms with Crippen LogP contribution in [0.2, 0.25) is 0 Å². The molecule has 0 saturated carbocycles. The van der Waals surface area contributed by atoms with E-state index in [0.717, 1.165) is 81.4 Å². The summed E-state index contributed by atoms with van der Waals surface area (Å²) >= 11 is 0. The van der Waals surface area contributed by atoms with Crippen molar-refractivity contribution in [2.24, 2.45) is 0 Å². The summed E-state index contributed by atoms with van der Waals surface area (Å²) in [6.45, 7) is 13.7. The van der Waals surface area contributed by atoms with Crippen molar-refractivity contribution in [3.63, 3.8) is 0 Å². The molecule has 0 aliphatic carbocycles. The standard InChI is InChI=1S/C42H42FN7/c1-4-31(26-35(5-2)45-28(3)22-29-12-7-6-8-13-29)32-15-16-38-37(27-32)40(49-48-38)42-46-39-36(17-18-44-41(39)47-42)33-23-30(24-34(43)25-33)14-11-21-50-19-9-10-20-50/h4-8,12-13,15-18,23-27,45H,2-3,9-11,14,19-22H2,1H3,(H,48,49)(H,44,46,47)/b31-4+,35-26+. The Hall–Kier alpha value is -5.60. The van der Waals surface area contributed by atoms with Crippen LogP contribution in [-0.4, -0.2) is 49.7 Å². The smallest absolute Gasteiger partial charge is 0.178 e. The quantitative estimate of drug-likeness (QED) is 0.107. The van der Waals surface area contributed by atoms with E-state index in [1.807, 2.05) is 37.3 Å². The summed E-state index contributed by atoms with van der Waals surface area (Å²) in [5.74, 6) is 0.354. The number of aromatic amines is 2. The van der Waals surface area contributed by atoms with Gasteiger partial charge >= 0.3 is 0 Å². The maximum Gasteiger partial charge on any atom is 0.178 e. The van der Waals surface area contributed by atoms with Gasteiger partial charge < -0.3 is 15.2 Å². The second-order valence-corrected chi connectivity index (χ2v) is 12.9. The van der Waals surface area contributed by atoms with E-state index in [4.69, 9.17) is 4.98 Å². The van der Waals surface area contributed by atoms with Gasteiger partial charge in [0, 0.05) is 35.0 Å². The van der Waals surface area contributed by atoms with E-state index < -0.39 is 0 Å². The van der Waals surface area contributed by atoms with Gasteiger partial charge in [-0.25, -0.2) is 14.4 Å². The molecular formula is C42H42FN7. The molecule has 6 aromatic rings. The van der Waals surface area contributed by atoms with E-state index in [1.54, 1.807) is 24.4 Å². The lowest BCUT2D eigenvalue weighted by molar-refractivity contribution is 0.334. The zero-order valence-corrected chi connectivity index (χ0v) is 28.5.